The Bertz CT molecular complexity index is 1210. The van der Waals surface area contributed by atoms with Crippen LogP contribution in [0.2, 0.25) is 0 Å². The first-order valence-electron chi connectivity index (χ1n) is 8.72. The Morgan fingerprint density at radius 3 is 3.00 bits per heavy atom. The van der Waals surface area contributed by atoms with E-state index in [9.17, 15) is 18.0 Å². The maximum Gasteiger partial charge on any atom is 0.292 e. The van der Waals surface area contributed by atoms with Crippen molar-refractivity contribution in [3.63, 3.8) is 0 Å². The highest BCUT2D eigenvalue weighted by molar-refractivity contribution is 5.93. The topological polar surface area (TPSA) is 92.3 Å². The summed E-state index contributed by atoms with van der Waals surface area (Å²) in [4.78, 5) is 25.3. The molecule has 0 saturated carbocycles. The zero-order chi connectivity index (χ0) is 20.1. The second kappa shape index (κ2) is 6.47. The van der Waals surface area contributed by atoms with Gasteiger partial charge in [-0.3, -0.25) is 4.79 Å². The van der Waals surface area contributed by atoms with E-state index in [0.29, 0.717) is 23.3 Å². The van der Waals surface area contributed by atoms with E-state index < -0.39 is 35.6 Å². The van der Waals surface area contributed by atoms with E-state index in [2.05, 4.69) is 20.1 Å². The molecule has 1 unspecified atom stereocenters. The minimum atomic E-state index is -2.95. The lowest BCUT2D eigenvalue weighted by atomic mass is 9.99. The summed E-state index contributed by atoms with van der Waals surface area (Å²) in [7, 11) is 0. The largest absolute Gasteiger partial charge is 0.438 e. The molecule has 4 aromatic heterocycles. The second-order valence-corrected chi connectivity index (χ2v) is 6.57. The molecule has 0 bridgehead atoms. The number of aromatic nitrogens is 5. The van der Waals surface area contributed by atoms with Crippen LogP contribution in [0, 0.1) is 5.82 Å². The molecule has 0 saturated heterocycles. The van der Waals surface area contributed by atoms with Crippen molar-refractivity contribution in [1.82, 2.24) is 29.5 Å². The highest BCUT2D eigenvalue weighted by atomic mass is 19.3. The van der Waals surface area contributed by atoms with Crippen molar-refractivity contribution in [3.8, 4) is 0 Å². The number of oxazole rings is 1. The molecular formula is C18H13F3N6O2. The van der Waals surface area contributed by atoms with E-state index in [1.54, 1.807) is 6.07 Å². The number of imidazole rings is 1. The Hall–Kier alpha value is -3.63. The number of hydrogen-bond acceptors (Lipinski definition) is 5. The Balaban J connectivity index is 1.62. The summed E-state index contributed by atoms with van der Waals surface area (Å²) in [6, 6.07) is 3.45. The minimum absolute atomic E-state index is 0.226. The molecule has 0 spiro atoms. The van der Waals surface area contributed by atoms with E-state index >= 15 is 0 Å². The fraction of sp³-hybridized carbons (Fsp3) is 0.222. The van der Waals surface area contributed by atoms with Crippen molar-refractivity contribution in [2.24, 2.45) is 0 Å². The van der Waals surface area contributed by atoms with E-state index in [0.717, 1.165) is 12.1 Å². The summed E-state index contributed by atoms with van der Waals surface area (Å²) in [6.45, 7) is 0.226. The molecule has 1 aliphatic heterocycles. The molecule has 11 heteroatoms. The number of hydrogen-bond donors (Lipinski definition) is 1. The van der Waals surface area contributed by atoms with Crippen LogP contribution in [0.3, 0.4) is 0 Å². The van der Waals surface area contributed by atoms with Crippen molar-refractivity contribution >= 4 is 11.4 Å². The van der Waals surface area contributed by atoms with Gasteiger partial charge in [-0.15, -0.1) is 0 Å². The normalized spacial score (nSPS) is 16.6. The van der Waals surface area contributed by atoms with Crippen LogP contribution in [0.5, 0.6) is 0 Å². The lowest BCUT2D eigenvalue weighted by Crippen LogP contribution is -2.41. The first-order chi connectivity index (χ1) is 14.0. The number of H-pyrrole nitrogens is 1. The van der Waals surface area contributed by atoms with Gasteiger partial charge in [0.05, 0.1) is 23.2 Å². The smallest absolute Gasteiger partial charge is 0.292 e. The third-order valence-corrected chi connectivity index (χ3v) is 4.91. The van der Waals surface area contributed by atoms with Gasteiger partial charge in [-0.25, -0.2) is 27.7 Å². The number of alkyl halides is 2. The van der Waals surface area contributed by atoms with Crippen LogP contribution in [0.1, 0.15) is 45.8 Å². The summed E-state index contributed by atoms with van der Waals surface area (Å²) < 4.78 is 46.5. The predicted molar refractivity (Wildman–Crippen MR) is 91.8 cm³/mol. The van der Waals surface area contributed by atoms with Crippen molar-refractivity contribution in [1.29, 1.82) is 0 Å². The Morgan fingerprint density at radius 1 is 1.31 bits per heavy atom. The number of nitrogens with one attached hydrogen (secondary N) is 1. The molecule has 0 aliphatic carbocycles. The number of rotatable bonds is 3. The fourth-order valence-corrected chi connectivity index (χ4v) is 3.62. The van der Waals surface area contributed by atoms with Gasteiger partial charge in [-0.05, 0) is 18.2 Å². The minimum Gasteiger partial charge on any atom is -0.438 e. The molecule has 0 fully saturated rings. The molecule has 5 rings (SSSR count). The maximum absolute atomic E-state index is 13.6. The van der Waals surface area contributed by atoms with E-state index in [-0.39, 0.29) is 6.54 Å². The van der Waals surface area contributed by atoms with E-state index in [1.807, 2.05) is 0 Å². The van der Waals surface area contributed by atoms with Crippen LogP contribution in [0.25, 0.3) is 5.52 Å². The van der Waals surface area contributed by atoms with Gasteiger partial charge in [0, 0.05) is 24.9 Å². The summed E-state index contributed by atoms with van der Waals surface area (Å²) in [5.74, 6) is -1.68. The van der Waals surface area contributed by atoms with Crippen LogP contribution < -0.4 is 0 Å². The van der Waals surface area contributed by atoms with Gasteiger partial charge in [0.2, 0.25) is 5.76 Å². The highest BCUT2D eigenvalue weighted by Crippen LogP contribution is 2.35. The lowest BCUT2D eigenvalue weighted by Gasteiger charge is -2.33. The summed E-state index contributed by atoms with van der Waals surface area (Å²) in [5, 5.41) is 4.44. The van der Waals surface area contributed by atoms with Crippen LogP contribution in [0.4, 0.5) is 13.2 Å². The quantitative estimate of drug-likeness (QED) is 0.569. The monoisotopic (exact) mass is 402 g/mol. The molecule has 8 nitrogen and oxygen atoms in total. The second-order valence-electron chi connectivity index (χ2n) is 6.57. The third kappa shape index (κ3) is 2.77. The molecule has 0 radical (unpaired) electrons. The van der Waals surface area contributed by atoms with Crippen molar-refractivity contribution < 1.29 is 22.4 Å². The highest BCUT2D eigenvalue weighted by Gasteiger charge is 2.39. The molecule has 1 amide bonds. The Labute approximate surface area is 161 Å². The maximum atomic E-state index is 13.6. The molecule has 0 aromatic carbocycles. The number of pyridine rings is 1. The number of nitrogens with zero attached hydrogens (tertiary/aromatic N) is 5. The van der Waals surface area contributed by atoms with Crippen molar-refractivity contribution in [3.05, 3.63) is 71.5 Å². The number of carbonyl (C=O) groups is 1. The third-order valence-electron chi connectivity index (χ3n) is 4.91. The van der Waals surface area contributed by atoms with Crippen molar-refractivity contribution in [2.45, 2.75) is 18.9 Å². The van der Waals surface area contributed by atoms with Gasteiger partial charge in [-0.1, -0.05) is 0 Å². The van der Waals surface area contributed by atoms with Crippen LogP contribution in [-0.2, 0) is 6.42 Å². The number of amides is 1. The first kappa shape index (κ1) is 17.5. The van der Waals surface area contributed by atoms with Crippen LogP contribution >= 0.6 is 0 Å². The summed E-state index contributed by atoms with van der Waals surface area (Å²) in [6.07, 6.45) is 1.29. The van der Waals surface area contributed by atoms with Gasteiger partial charge in [0.15, 0.2) is 12.1 Å². The number of carbonyl (C=O) groups excluding carboxylic acids is 1. The molecule has 148 valence electrons. The molecule has 1 atom stereocenters. The van der Waals surface area contributed by atoms with Gasteiger partial charge in [-0.2, -0.15) is 5.10 Å². The average molecular weight is 402 g/mol. The van der Waals surface area contributed by atoms with E-state index in [4.69, 9.17) is 4.42 Å². The van der Waals surface area contributed by atoms with E-state index in [1.165, 1.54) is 34.1 Å². The number of halogens is 3. The Morgan fingerprint density at radius 2 is 2.17 bits per heavy atom. The van der Waals surface area contributed by atoms with Crippen LogP contribution in [0.15, 0.2) is 41.5 Å². The predicted octanol–water partition coefficient (Wildman–Crippen LogP) is 2.91. The van der Waals surface area contributed by atoms with Gasteiger partial charge >= 0.3 is 0 Å². The molecular weight excluding hydrogens is 389 g/mol. The summed E-state index contributed by atoms with van der Waals surface area (Å²) >= 11 is 0. The number of fused-ring (bicyclic) bond motifs is 2. The fourth-order valence-electron chi connectivity index (χ4n) is 3.62. The SMILES string of the molecule is O=C(c1ocnc1C(F)F)N1CCc2[nH]cnc2C1c1cc2cc(F)ccn2n1. The van der Waals surface area contributed by atoms with Gasteiger partial charge in [0.25, 0.3) is 12.3 Å². The molecule has 29 heavy (non-hydrogen) atoms. The Kier molecular flexibility index (Phi) is 3.89. The molecule has 1 N–H and O–H groups in total. The van der Waals surface area contributed by atoms with Crippen LogP contribution in [-0.4, -0.2) is 41.9 Å². The van der Waals surface area contributed by atoms with Gasteiger partial charge in [0.1, 0.15) is 11.9 Å². The molecule has 1 aliphatic rings. The first-order valence-corrected chi connectivity index (χ1v) is 8.72. The van der Waals surface area contributed by atoms with Crippen molar-refractivity contribution in [2.75, 3.05) is 6.54 Å². The molecule has 4 aromatic rings. The summed E-state index contributed by atoms with van der Waals surface area (Å²) in [5.41, 5.74) is 1.57. The zero-order valence-electron chi connectivity index (χ0n) is 14.7. The zero-order valence-corrected chi connectivity index (χ0v) is 14.7. The molecule has 5 heterocycles. The lowest BCUT2D eigenvalue weighted by molar-refractivity contribution is 0.0639. The van der Waals surface area contributed by atoms with Gasteiger partial charge < -0.3 is 14.3 Å². The number of aromatic amines is 1. The standard InChI is InChI=1S/C18H13F3N6O2/c19-9-1-4-27-10(5-9)6-12(25-27)15-13-11(22-7-23-13)2-3-26(15)18(28)16-14(17(20)21)24-8-29-16/h1,4-8,15,17H,2-3H2,(H,22,23). The average Bonchev–Trinajstić information content (AvgIpc) is 3.43.